The van der Waals surface area contributed by atoms with Gasteiger partial charge < -0.3 is 5.32 Å². The summed E-state index contributed by atoms with van der Waals surface area (Å²) in [6, 6.07) is 5.79. The van der Waals surface area contributed by atoms with Gasteiger partial charge in [0.05, 0.1) is 6.42 Å². The molecule has 0 atom stereocenters. The van der Waals surface area contributed by atoms with E-state index in [1.807, 2.05) is 0 Å². The average Bonchev–Trinajstić information content (AvgIpc) is 2.70. The van der Waals surface area contributed by atoms with E-state index >= 15 is 0 Å². The number of rotatable bonds is 2. The molecule has 92 valence electrons. The van der Waals surface area contributed by atoms with Gasteiger partial charge in [-0.2, -0.15) is 10.1 Å². The van der Waals surface area contributed by atoms with Gasteiger partial charge in [-0.3, -0.25) is 9.59 Å². The SMILES string of the molecule is C=CC(=O)NC1=NN(c2ccccc2F)C(=O)C1. The van der Waals surface area contributed by atoms with Gasteiger partial charge >= 0.3 is 0 Å². The first-order valence-electron chi connectivity index (χ1n) is 5.20. The number of carbonyl (C=O) groups is 2. The van der Waals surface area contributed by atoms with Crippen molar-refractivity contribution in [2.45, 2.75) is 6.42 Å². The van der Waals surface area contributed by atoms with E-state index in [0.717, 1.165) is 11.1 Å². The van der Waals surface area contributed by atoms with Crippen LogP contribution < -0.4 is 10.3 Å². The molecule has 1 aromatic carbocycles. The van der Waals surface area contributed by atoms with Crippen molar-refractivity contribution in [3.8, 4) is 0 Å². The van der Waals surface area contributed by atoms with Crippen LogP contribution in [0.1, 0.15) is 6.42 Å². The molecule has 0 saturated carbocycles. The van der Waals surface area contributed by atoms with Gasteiger partial charge in [-0.05, 0) is 18.2 Å². The van der Waals surface area contributed by atoms with Crippen molar-refractivity contribution in [2.24, 2.45) is 5.10 Å². The number of amidine groups is 1. The van der Waals surface area contributed by atoms with Crippen molar-refractivity contribution < 1.29 is 14.0 Å². The van der Waals surface area contributed by atoms with E-state index in [2.05, 4.69) is 17.0 Å². The summed E-state index contributed by atoms with van der Waals surface area (Å²) in [6.07, 6.45) is 0.993. The third kappa shape index (κ3) is 2.27. The van der Waals surface area contributed by atoms with Crippen LogP contribution in [0.4, 0.5) is 10.1 Å². The van der Waals surface area contributed by atoms with Gasteiger partial charge in [-0.1, -0.05) is 18.7 Å². The van der Waals surface area contributed by atoms with Crippen molar-refractivity contribution in [1.29, 1.82) is 0 Å². The smallest absolute Gasteiger partial charge is 0.255 e. The van der Waals surface area contributed by atoms with Crippen LogP contribution in [-0.2, 0) is 9.59 Å². The largest absolute Gasteiger partial charge is 0.309 e. The summed E-state index contributed by atoms with van der Waals surface area (Å²) in [5.41, 5.74) is 0.0605. The van der Waals surface area contributed by atoms with Gasteiger partial charge in [-0.15, -0.1) is 0 Å². The molecule has 0 bridgehead atoms. The summed E-state index contributed by atoms with van der Waals surface area (Å²) < 4.78 is 13.5. The molecule has 0 unspecified atom stereocenters. The summed E-state index contributed by atoms with van der Waals surface area (Å²) in [5, 5.41) is 7.19. The first-order valence-corrected chi connectivity index (χ1v) is 5.20. The van der Waals surface area contributed by atoms with Crippen LogP contribution in [0.25, 0.3) is 0 Å². The zero-order chi connectivity index (χ0) is 13.1. The van der Waals surface area contributed by atoms with Crippen LogP contribution in [0, 0.1) is 5.82 Å². The molecule has 0 aliphatic carbocycles. The van der Waals surface area contributed by atoms with E-state index in [1.54, 1.807) is 6.07 Å². The molecule has 1 N–H and O–H groups in total. The molecule has 5 nitrogen and oxygen atoms in total. The molecular weight excluding hydrogens is 237 g/mol. The number of hydrazone groups is 1. The van der Waals surface area contributed by atoms with E-state index < -0.39 is 17.6 Å². The minimum Gasteiger partial charge on any atom is -0.309 e. The summed E-state index contributed by atoms with van der Waals surface area (Å²) in [5.74, 6) is -1.24. The highest BCUT2D eigenvalue weighted by atomic mass is 19.1. The second-order valence-corrected chi connectivity index (χ2v) is 3.57. The zero-order valence-electron chi connectivity index (χ0n) is 9.39. The maximum absolute atomic E-state index is 13.5. The first-order chi connectivity index (χ1) is 8.61. The standard InChI is InChI=1S/C12H10FN3O2/c1-2-11(17)14-10-7-12(18)16(15-10)9-6-4-3-5-8(9)13/h2-6H,1,7H2,(H,14,15,17). The highest BCUT2D eigenvalue weighted by Crippen LogP contribution is 2.22. The summed E-state index contributed by atoms with van der Waals surface area (Å²) in [4.78, 5) is 22.7. The van der Waals surface area contributed by atoms with E-state index in [9.17, 15) is 14.0 Å². The molecule has 2 rings (SSSR count). The Bertz CT molecular complexity index is 554. The number of hydrogen-bond acceptors (Lipinski definition) is 3. The van der Waals surface area contributed by atoms with Gasteiger partial charge in [0.25, 0.3) is 5.91 Å². The lowest BCUT2D eigenvalue weighted by molar-refractivity contribution is -0.116. The van der Waals surface area contributed by atoms with Gasteiger partial charge in [0.15, 0.2) is 0 Å². The molecule has 1 aromatic rings. The van der Waals surface area contributed by atoms with Crippen LogP contribution in [0.3, 0.4) is 0 Å². The highest BCUT2D eigenvalue weighted by Gasteiger charge is 2.27. The molecule has 0 radical (unpaired) electrons. The van der Waals surface area contributed by atoms with Crippen LogP contribution in [-0.4, -0.2) is 17.6 Å². The third-order valence-electron chi connectivity index (χ3n) is 2.31. The fourth-order valence-corrected chi connectivity index (χ4v) is 1.50. The van der Waals surface area contributed by atoms with Gasteiger partial charge in [0, 0.05) is 0 Å². The van der Waals surface area contributed by atoms with E-state index in [-0.39, 0.29) is 17.9 Å². The molecule has 1 aliphatic heterocycles. The van der Waals surface area contributed by atoms with Gasteiger partial charge in [0.1, 0.15) is 17.3 Å². The van der Waals surface area contributed by atoms with Crippen molar-refractivity contribution in [3.05, 3.63) is 42.7 Å². The summed E-state index contributed by atoms with van der Waals surface area (Å²) >= 11 is 0. The Balaban J connectivity index is 2.25. The Morgan fingerprint density at radius 1 is 1.50 bits per heavy atom. The lowest BCUT2D eigenvalue weighted by atomic mass is 10.3. The van der Waals surface area contributed by atoms with Crippen molar-refractivity contribution >= 4 is 23.3 Å². The number of anilines is 1. The molecule has 0 spiro atoms. The topological polar surface area (TPSA) is 61.8 Å². The maximum atomic E-state index is 13.5. The van der Waals surface area contributed by atoms with Crippen LogP contribution in [0.15, 0.2) is 42.0 Å². The Hall–Kier alpha value is -2.50. The second kappa shape index (κ2) is 4.79. The zero-order valence-corrected chi connectivity index (χ0v) is 9.39. The normalized spacial score (nSPS) is 14.4. The Kier molecular flexibility index (Phi) is 3.18. The predicted octanol–water partition coefficient (Wildman–Crippen LogP) is 1.18. The maximum Gasteiger partial charge on any atom is 0.255 e. The van der Waals surface area contributed by atoms with Gasteiger partial charge in [-0.25, -0.2) is 4.39 Å². The second-order valence-electron chi connectivity index (χ2n) is 3.57. The number of para-hydroxylation sites is 1. The number of amides is 2. The third-order valence-corrected chi connectivity index (χ3v) is 2.31. The molecular formula is C12H10FN3O2. The molecule has 0 fully saturated rings. The number of benzene rings is 1. The minimum atomic E-state index is -0.550. The van der Waals surface area contributed by atoms with Crippen molar-refractivity contribution in [1.82, 2.24) is 5.32 Å². The van der Waals surface area contributed by atoms with Crippen molar-refractivity contribution in [2.75, 3.05) is 5.01 Å². The quantitative estimate of drug-likeness (QED) is 0.797. The molecule has 0 saturated heterocycles. The summed E-state index contributed by atoms with van der Waals surface area (Å²) in [6.45, 7) is 3.29. The average molecular weight is 247 g/mol. The number of nitrogens with one attached hydrogen (secondary N) is 1. The molecule has 2 amide bonds. The number of carbonyl (C=O) groups excluding carboxylic acids is 2. The predicted molar refractivity (Wildman–Crippen MR) is 64.3 cm³/mol. The fourth-order valence-electron chi connectivity index (χ4n) is 1.50. The van der Waals surface area contributed by atoms with E-state index in [1.165, 1.54) is 18.2 Å². The lowest BCUT2D eigenvalue weighted by Crippen LogP contribution is -2.27. The fraction of sp³-hybridized carbons (Fsp3) is 0.0833. The summed E-state index contributed by atoms with van der Waals surface area (Å²) in [7, 11) is 0. The molecule has 1 aliphatic rings. The van der Waals surface area contributed by atoms with E-state index in [4.69, 9.17) is 0 Å². The first kappa shape index (κ1) is 12.0. The number of halogens is 1. The lowest BCUT2D eigenvalue weighted by Gasteiger charge is -2.11. The van der Waals surface area contributed by atoms with Crippen LogP contribution in [0.5, 0.6) is 0 Å². The number of hydrogen-bond donors (Lipinski definition) is 1. The van der Waals surface area contributed by atoms with Crippen LogP contribution in [0.2, 0.25) is 0 Å². The Labute approximate surface area is 103 Å². The highest BCUT2D eigenvalue weighted by molar-refractivity contribution is 6.16. The van der Waals surface area contributed by atoms with E-state index in [0.29, 0.717) is 0 Å². The molecule has 1 heterocycles. The van der Waals surface area contributed by atoms with Crippen LogP contribution >= 0.6 is 0 Å². The number of nitrogens with zero attached hydrogens (tertiary/aromatic N) is 2. The van der Waals surface area contributed by atoms with Gasteiger partial charge in [0.2, 0.25) is 5.91 Å². The molecule has 0 aromatic heterocycles. The van der Waals surface area contributed by atoms with Crippen molar-refractivity contribution in [3.63, 3.8) is 0 Å². The Morgan fingerprint density at radius 2 is 2.22 bits per heavy atom. The Morgan fingerprint density at radius 3 is 2.89 bits per heavy atom. The molecule has 6 heteroatoms. The molecule has 18 heavy (non-hydrogen) atoms. The monoisotopic (exact) mass is 247 g/mol. The minimum absolute atomic E-state index is 0.0605.